The maximum absolute atomic E-state index is 5.80. The van der Waals surface area contributed by atoms with Crippen LogP contribution in [0.25, 0.3) is 0 Å². The smallest absolute Gasteiger partial charge is 0.0638 e. The Kier molecular flexibility index (Phi) is 3.09. The van der Waals surface area contributed by atoms with E-state index in [0.717, 1.165) is 16.3 Å². The molecular weight excluding hydrogens is 192 g/mol. The molecule has 74 valence electrons. The van der Waals surface area contributed by atoms with Crippen LogP contribution in [0, 0.1) is 0 Å². The van der Waals surface area contributed by atoms with Crippen molar-refractivity contribution in [2.45, 2.75) is 24.2 Å². The summed E-state index contributed by atoms with van der Waals surface area (Å²) in [5.74, 6) is 1.08. The molecule has 1 aliphatic carbocycles. The highest BCUT2D eigenvalue weighted by atomic mass is 32.2. The molecule has 14 heavy (non-hydrogen) atoms. The number of nitrogen functional groups attached to an aromatic ring is 1. The minimum atomic E-state index is 0.788. The Balaban J connectivity index is 1.94. The van der Waals surface area contributed by atoms with E-state index in [9.17, 15) is 0 Å². The quantitative estimate of drug-likeness (QED) is 0.610. The zero-order valence-corrected chi connectivity index (χ0v) is 8.89. The monoisotopic (exact) mass is 206 g/mol. The summed E-state index contributed by atoms with van der Waals surface area (Å²) in [5.41, 5.74) is 8.15. The Labute approximate surface area is 88.6 Å². The maximum Gasteiger partial charge on any atom is 0.0638 e. The molecular formula is C11H14N2S. The van der Waals surface area contributed by atoms with Crippen LogP contribution in [0.3, 0.4) is 0 Å². The highest BCUT2D eigenvalue weighted by Gasteiger charge is 2.06. The van der Waals surface area contributed by atoms with Crippen molar-refractivity contribution in [2.24, 2.45) is 0 Å². The summed E-state index contributed by atoms with van der Waals surface area (Å²) in [6.45, 7) is 0. The van der Waals surface area contributed by atoms with Gasteiger partial charge in [0.05, 0.1) is 11.9 Å². The Bertz CT molecular complexity index is 347. The number of aromatic nitrogens is 1. The average molecular weight is 206 g/mol. The summed E-state index contributed by atoms with van der Waals surface area (Å²) < 4.78 is 0. The van der Waals surface area contributed by atoms with Crippen LogP contribution in [0.5, 0.6) is 0 Å². The zero-order valence-electron chi connectivity index (χ0n) is 8.07. The molecule has 3 heteroatoms. The minimum absolute atomic E-state index is 0.788. The van der Waals surface area contributed by atoms with Gasteiger partial charge in [-0.1, -0.05) is 11.6 Å². The van der Waals surface area contributed by atoms with E-state index in [0.29, 0.717) is 0 Å². The molecule has 1 heterocycles. The fourth-order valence-electron chi connectivity index (χ4n) is 1.56. The molecule has 2 nitrogen and oxygen atoms in total. The summed E-state index contributed by atoms with van der Waals surface area (Å²) in [5, 5.41) is 0. The number of nitrogens with zero attached hydrogens (tertiary/aromatic N) is 1. The van der Waals surface area contributed by atoms with Gasteiger partial charge in [0.25, 0.3) is 0 Å². The lowest BCUT2D eigenvalue weighted by Crippen LogP contribution is -1.91. The van der Waals surface area contributed by atoms with Crippen LogP contribution >= 0.6 is 11.8 Å². The summed E-state index contributed by atoms with van der Waals surface area (Å²) in [7, 11) is 0. The van der Waals surface area contributed by atoms with Gasteiger partial charge in [-0.3, -0.25) is 4.98 Å². The fourth-order valence-corrected chi connectivity index (χ4v) is 2.54. The number of nitrogens with two attached hydrogens (primary N) is 1. The number of pyridine rings is 1. The molecule has 0 saturated carbocycles. The van der Waals surface area contributed by atoms with Gasteiger partial charge in [0, 0.05) is 16.8 Å². The third-order valence-corrected chi connectivity index (χ3v) is 3.56. The molecule has 0 aliphatic heterocycles. The van der Waals surface area contributed by atoms with Gasteiger partial charge in [0.1, 0.15) is 0 Å². The van der Waals surface area contributed by atoms with Crippen molar-refractivity contribution in [3.63, 3.8) is 0 Å². The minimum Gasteiger partial charge on any atom is -0.397 e. The molecule has 0 bridgehead atoms. The molecule has 0 atom stereocenters. The van der Waals surface area contributed by atoms with E-state index in [-0.39, 0.29) is 0 Å². The molecule has 0 spiro atoms. The molecule has 0 unspecified atom stereocenters. The van der Waals surface area contributed by atoms with Crippen molar-refractivity contribution in [3.05, 3.63) is 30.1 Å². The second kappa shape index (κ2) is 4.51. The third-order valence-electron chi connectivity index (χ3n) is 2.36. The SMILES string of the molecule is Nc1cnccc1SCC1=CCCC1. The van der Waals surface area contributed by atoms with Gasteiger partial charge in [-0.15, -0.1) is 11.8 Å². The molecule has 0 radical (unpaired) electrons. The van der Waals surface area contributed by atoms with Gasteiger partial charge in [0.15, 0.2) is 0 Å². The first kappa shape index (κ1) is 9.59. The van der Waals surface area contributed by atoms with Crippen molar-refractivity contribution in [3.8, 4) is 0 Å². The first-order chi connectivity index (χ1) is 6.86. The summed E-state index contributed by atoms with van der Waals surface area (Å²) in [6, 6.07) is 1.98. The highest BCUT2D eigenvalue weighted by Crippen LogP contribution is 2.29. The number of allylic oxidation sites excluding steroid dienone is 1. The van der Waals surface area contributed by atoms with Crippen LogP contribution in [0.2, 0.25) is 0 Å². The van der Waals surface area contributed by atoms with E-state index in [4.69, 9.17) is 5.73 Å². The van der Waals surface area contributed by atoms with Crippen LogP contribution in [0.1, 0.15) is 19.3 Å². The second-order valence-electron chi connectivity index (χ2n) is 3.46. The van der Waals surface area contributed by atoms with Gasteiger partial charge < -0.3 is 5.73 Å². The Morgan fingerprint density at radius 2 is 2.43 bits per heavy atom. The van der Waals surface area contributed by atoms with Crippen molar-refractivity contribution in [1.82, 2.24) is 4.98 Å². The summed E-state index contributed by atoms with van der Waals surface area (Å²) in [4.78, 5) is 5.12. The van der Waals surface area contributed by atoms with Gasteiger partial charge >= 0.3 is 0 Å². The van der Waals surface area contributed by atoms with Crippen molar-refractivity contribution >= 4 is 17.4 Å². The second-order valence-corrected chi connectivity index (χ2v) is 4.47. The first-order valence-corrected chi connectivity index (χ1v) is 5.85. The third kappa shape index (κ3) is 2.29. The molecule has 1 aromatic heterocycles. The molecule has 0 fully saturated rings. The standard InChI is InChI=1S/C11H14N2S/c12-10-7-13-6-5-11(10)14-8-9-3-1-2-4-9/h3,5-7H,1-2,4,8,12H2. The van der Waals surface area contributed by atoms with Gasteiger partial charge in [-0.2, -0.15) is 0 Å². The largest absolute Gasteiger partial charge is 0.397 e. The maximum atomic E-state index is 5.80. The lowest BCUT2D eigenvalue weighted by Gasteiger charge is -2.04. The predicted octanol–water partition coefficient (Wildman–Crippen LogP) is 2.87. The predicted molar refractivity (Wildman–Crippen MR) is 61.3 cm³/mol. The number of hydrogen-bond acceptors (Lipinski definition) is 3. The van der Waals surface area contributed by atoms with Crippen LogP contribution in [0.15, 0.2) is 35.0 Å². The van der Waals surface area contributed by atoms with Gasteiger partial charge in [0.2, 0.25) is 0 Å². The molecule has 0 amide bonds. The molecule has 0 saturated heterocycles. The van der Waals surface area contributed by atoms with Crippen molar-refractivity contribution in [1.29, 1.82) is 0 Å². The average Bonchev–Trinajstić information content (AvgIpc) is 2.69. The summed E-state index contributed by atoms with van der Waals surface area (Å²) in [6.07, 6.45) is 9.69. The van der Waals surface area contributed by atoms with E-state index in [1.807, 2.05) is 17.8 Å². The fraction of sp³-hybridized carbons (Fsp3) is 0.364. The summed E-state index contributed by atoms with van der Waals surface area (Å²) >= 11 is 1.81. The highest BCUT2D eigenvalue weighted by molar-refractivity contribution is 7.99. The van der Waals surface area contributed by atoms with Crippen LogP contribution in [-0.4, -0.2) is 10.7 Å². The van der Waals surface area contributed by atoms with Crippen LogP contribution < -0.4 is 5.73 Å². The van der Waals surface area contributed by atoms with E-state index in [1.54, 1.807) is 18.0 Å². The first-order valence-electron chi connectivity index (χ1n) is 4.86. The van der Waals surface area contributed by atoms with Crippen molar-refractivity contribution < 1.29 is 0 Å². The molecule has 1 aliphatic rings. The van der Waals surface area contributed by atoms with E-state index >= 15 is 0 Å². The Hall–Kier alpha value is -0.960. The van der Waals surface area contributed by atoms with E-state index in [1.165, 1.54) is 19.3 Å². The van der Waals surface area contributed by atoms with Gasteiger partial charge in [-0.05, 0) is 25.3 Å². The normalized spacial score (nSPS) is 15.6. The lowest BCUT2D eigenvalue weighted by molar-refractivity contribution is 0.908. The number of thioether (sulfide) groups is 1. The van der Waals surface area contributed by atoms with Crippen LogP contribution in [0.4, 0.5) is 5.69 Å². The number of rotatable bonds is 3. The molecule has 2 rings (SSSR count). The Morgan fingerprint density at radius 3 is 3.14 bits per heavy atom. The topological polar surface area (TPSA) is 38.9 Å². The Morgan fingerprint density at radius 1 is 1.50 bits per heavy atom. The van der Waals surface area contributed by atoms with E-state index < -0.39 is 0 Å². The number of anilines is 1. The number of hydrogen-bond donors (Lipinski definition) is 1. The van der Waals surface area contributed by atoms with E-state index in [2.05, 4.69) is 11.1 Å². The molecule has 1 aromatic rings. The zero-order chi connectivity index (χ0) is 9.80. The molecule has 2 N–H and O–H groups in total. The van der Waals surface area contributed by atoms with Crippen molar-refractivity contribution in [2.75, 3.05) is 11.5 Å². The lowest BCUT2D eigenvalue weighted by atomic mass is 10.3. The van der Waals surface area contributed by atoms with Crippen LogP contribution in [-0.2, 0) is 0 Å². The van der Waals surface area contributed by atoms with Gasteiger partial charge in [-0.25, -0.2) is 0 Å². The molecule has 0 aromatic carbocycles.